The quantitative estimate of drug-likeness (QED) is 0.806. The van der Waals surface area contributed by atoms with E-state index in [0.29, 0.717) is 18.9 Å². The van der Waals surface area contributed by atoms with Gasteiger partial charge in [0.25, 0.3) is 0 Å². The molecule has 1 fully saturated rings. The van der Waals surface area contributed by atoms with Crippen LogP contribution in [0.5, 0.6) is 0 Å². The topological polar surface area (TPSA) is 69.6 Å². The summed E-state index contributed by atoms with van der Waals surface area (Å²) in [5.41, 5.74) is 0. The third-order valence-electron chi connectivity index (χ3n) is 3.84. The van der Waals surface area contributed by atoms with Crippen molar-refractivity contribution in [1.29, 1.82) is 0 Å². The Kier molecular flexibility index (Phi) is 6.12. The molecule has 5 heteroatoms. The van der Waals surface area contributed by atoms with Gasteiger partial charge >= 0.3 is 12.0 Å². The number of hydrogen-bond acceptors (Lipinski definition) is 2. The van der Waals surface area contributed by atoms with Crippen LogP contribution in [0.25, 0.3) is 0 Å². The van der Waals surface area contributed by atoms with Crippen LogP contribution < -0.4 is 5.32 Å². The third-order valence-corrected chi connectivity index (χ3v) is 3.84. The Labute approximate surface area is 115 Å². The highest BCUT2D eigenvalue weighted by molar-refractivity contribution is 5.82. The second-order valence-electron chi connectivity index (χ2n) is 5.65. The molecular weight excluding hydrogens is 244 g/mol. The number of hydrogen-bond donors (Lipinski definition) is 2. The fourth-order valence-electron chi connectivity index (χ4n) is 2.61. The highest BCUT2D eigenvalue weighted by atomic mass is 16.4. The molecule has 2 N–H and O–H groups in total. The molecule has 0 spiro atoms. The van der Waals surface area contributed by atoms with Crippen molar-refractivity contribution in [3.05, 3.63) is 0 Å². The molecule has 2 amide bonds. The van der Waals surface area contributed by atoms with Gasteiger partial charge in [0.05, 0.1) is 0 Å². The van der Waals surface area contributed by atoms with Crippen molar-refractivity contribution in [2.75, 3.05) is 6.54 Å². The molecule has 0 saturated carbocycles. The summed E-state index contributed by atoms with van der Waals surface area (Å²) in [6.07, 6.45) is 4.21. The molecule has 1 saturated heterocycles. The first-order valence-corrected chi connectivity index (χ1v) is 7.25. The Hall–Kier alpha value is -1.26. The summed E-state index contributed by atoms with van der Waals surface area (Å²) in [4.78, 5) is 25.0. The van der Waals surface area contributed by atoms with Crippen molar-refractivity contribution in [3.8, 4) is 0 Å². The number of carbonyl (C=O) groups excluding carboxylic acids is 1. The monoisotopic (exact) mass is 270 g/mol. The lowest BCUT2D eigenvalue weighted by molar-refractivity contribution is -0.139. The standard InChI is InChI=1S/C14H26N2O3/c1-4-5-6-12(13(17)18)15-14(19)16-8-7-10(2)9-11(16)3/h10-12H,4-9H2,1-3H3,(H,15,19)(H,17,18). The number of aliphatic carboxylic acids is 1. The largest absolute Gasteiger partial charge is 0.480 e. The highest BCUT2D eigenvalue weighted by Gasteiger charge is 2.29. The SMILES string of the molecule is CCCCC(NC(=O)N1CCC(C)CC1C)C(=O)O. The predicted molar refractivity (Wildman–Crippen MR) is 74.0 cm³/mol. The van der Waals surface area contributed by atoms with E-state index in [4.69, 9.17) is 5.11 Å². The molecular formula is C14H26N2O3. The smallest absolute Gasteiger partial charge is 0.326 e. The van der Waals surface area contributed by atoms with Crippen molar-refractivity contribution in [1.82, 2.24) is 10.2 Å². The number of nitrogens with zero attached hydrogens (tertiary/aromatic N) is 1. The lowest BCUT2D eigenvalue weighted by Crippen LogP contribution is -2.53. The number of urea groups is 1. The third kappa shape index (κ3) is 4.73. The van der Waals surface area contributed by atoms with Gasteiger partial charge in [-0.05, 0) is 32.1 Å². The van der Waals surface area contributed by atoms with Gasteiger partial charge in [0.1, 0.15) is 6.04 Å². The second kappa shape index (κ2) is 7.36. The normalized spacial score (nSPS) is 24.9. The second-order valence-corrected chi connectivity index (χ2v) is 5.65. The van der Waals surface area contributed by atoms with Crippen LogP contribution in [0, 0.1) is 5.92 Å². The van der Waals surface area contributed by atoms with Crippen LogP contribution in [-0.2, 0) is 4.79 Å². The van der Waals surface area contributed by atoms with Crippen molar-refractivity contribution >= 4 is 12.0 Å². The van der Waals surface area contributed by atoms with Gasteiger partial charge in [-0.15, -0.1) is 0 Å². The molecule has 3 atom stereocenters. The van der Waals surface area contributed by atoms with Gasteiger partial charge in [-0.3, -0.25) is 0 Å². The molecule has 0 bridgehead atoms. The number of carboxylic acid groups (broad SMARTS) is 1. The van der Waals surface area contributed by atoms with E-state index in [-0.39, 0.29) is 12.1 Å². The summed E-state index contributed by atoms with van der Waals surface area (Å²) in [5, 5.41) is 11.8. The molecule has 19 heavy (non-hydrogen) atoms. The summed E-state index contributed by atoms with van der Waals surface area (Å²) in [6.45, 7) is 6.94. The average Bonchev–Trinajstić information content (AvgIpc) is 2.33. The molecule has 0 aromatic rings. The Morgan fingerprint density at radius 1 is 1.42 bits per heavy atom. The van der Waals surface area contributed by atoms with E-state index in [1.165, 1.54) is 0 Å². The number of carbonyl (C=O) groups is 2. The van der Waals surface area contributed by atoms with Crippen LogP contribution in [0.2, 0.25) is 0 Å². The fourth-order valence-corrected chi connectivity index (χ4v) is 2.61. The lowest BCUT2D eigenvalue weighted by atomic mass is 9.94. The van der Waals surface area contributed by atoms with Crippen LogP contribution in [0.1, 0.15) is 52.9 Å². The van der Waals surface area contributed by atoms with Gasteiger partial charge in [0, 0.05) is 12.6 Å². The number of likely N-dealkylation sites (tertiary alicyclic amines) is 1. The first-order chi connectivity index (χ1) is 8.95. The Balaban J connectivity index is 2.53. The van der Waals surface area contributed by atoms with Gasteiger partial charge in [-0.2, -0.15) is 0 Å². The summed E-state index contributed by atoms with van der Waals surface area (Å²) >= 11 is 0. The molecule has 1 aliphatic heterocycles. The minimum atomic E-state index is -0.945. The van der Waals surface area contributed by atoms with E-state index in [9.17, 15) is 9.59 Å². The van der Waals surface area contributed by atoms with Crippen molar-refractivity contribution in [2.45, 2.75) is 65.0 Å². The summed E-state index contributed by atoms with van der Waals surface area (Å²) in [5.74, 6) is -0.311. The van der Waals surface area contributed by atoms with E-state index < -0.39 is 12.0 Å². The van der Waals surface area contributed by atoms with Crippen LogP contribution in [0.4, 0.5) is 4.79 Å². The zero-order chi connectivity index (χ0) is 14.4. The molecule has 110 valence electrons. The maximum Gasteiger partial charge on any atom is 0.326 e. The zero-order valence-corrected chi connectivity index (χ0v) is 12.2. The Bertz CT molecular complexity index is 320. The first-order valence-electron chi connectivity index (χ1n) is 7.25. The van der Waals surface area contributed by atoms with Gasteiger partial charge in [0.15, 0.2) is 0 Å². The van der Waals surface area contributed by atoms with E-state index in [2.05, 4.69) is 12.2 Å². The molecule has 0 aromatic carbocycles. The Morgan fingerprint density at radius 3 is 2.63 bits per heavy atom. The van der Waals surface area contributed by atoms with Gasteiger partial charge in [0.2, 0.25) is 0 Å². The molecule has 3 unspecified atom stereocenters. The summed E-state index contributed by atoms with van der Waals surface area (Å²) < 4.78 is 0. The minimum Gasteiger partial charge on any atom is -0.480 e. The average molecular weight is 270 g/mol. The van der Waals surface area contributed by atoms with E-state index in [0.717, 1.165) is 25.7 Å². The lowest BCUT2D eigenvalue weighted by Gasteiger charge is -2.37. The number of piperidine rings is 1. The van der Waals surface area contributed by atoms with Crippen LogP contribution >= 0.6 is 0 Å². The number of rotatable bonds is 5. The molecule has 1 heterocycles. The fraction of sp³-hybridized carbons (Fsp3) is 0.857. The highest BCUT2D eigenvalue weighted by Crippen LogP contribution is 2.22. The predicted octanol–water partition coefficient (Wildman–Crippen LogP) is 2.46. The van der Waals surface area contributed by atoms with Crippen molar-refractivity contribution in [3.63, 3.8) is 0 Å². The molecule has 1 aliphatic rings. The first kappa shape index (κ1) is 15.8. The van der Waals surface area contributed by atoms with E-state index in [1.807, 2.05) is 13.8 Å². The number of carboxylic acids is 1. The maximum absolute atomic E-state index is 12.1. The summed E-state index contributed by atoms with van der Waals surface area (Å²) in [6, 6.07) is -0.814. The number of amides is 2. The zero-order valence-electron chi connectivity index (χ0n) is 12.2. The van der Waals surface area contributed by atoms with Gasteiger partial charge < -0.3 is 15.3 Å². The summed E-state index contributed by atoms with van der Waals surface area (Å²) in [7, 11) is 0. The van der Waals surface area contributed by atoms with Crippen LogP contribution in [0.15, 0.2) is 0 Å². The molecule has 0 radical (unpaired) electrons. The van der Waals surface area contributed by atoms with Crippen LogP contribution in [0.3, 0.4) is 0 Å². The van der Waals surface area contributed by atoms with Crippen molar-refractivity contribution in [2.24, 2.45) is 5.92 Å². The molecule has 1 rings (SSSR count). The molecule has 0 aromatic heterocycles. The van der Waals surface area contributed by atoms with Gasteiger partial charge in [-0.1, -0.05) is 26.7 Å². The minimum absolute atomic E-state index is 0.185. The number of unbranched alkanes of at least 4 members (excludes halogenated alkanes) is 1. The molecule has 5 nitrogen and oxygen atoms in total. The van der Waals surface area contributed by atoms with Crippen molar-refractivity contribution < 1.29 is 14.7 Å². The van der Waals surface area contributed by atoms with E-state index in [1.54, 1.807) is 4.90 Å². The maximum atomic E-state index is 12.1. The van der Waals surface area contributed by atoms with Gasteiger partial charge in [-0.25, -0.2) is 9.59 Å². The number of nitrogens with one attached hydrogen (secondary N) is 1. The molecule has 0 aliphatic carbocycles. The van der Waals surface area contributed by atoms with Crippen LogP contribution in [-0.4, -0.2) is 40.6 Å². The Morgan fingerprint density at radius 2 is 2.11 bits per heavy atom. The van der Waals surface area contributed by atoms with E-state index >= 15 is 0 Å².